The predicted molar refractivity (Wildman–Crippen MR) is 115 cm³/mol. The number of ketones is 2. The molecule has 0 saturated heterocycles. The van der Waals surface area contributed by atoms with Gasteiger partial charge in [-0.05, 0) is 47.3 Å². The zero-order valence-electron chi connectivity index (χ0n) is 18.8. The summed E-state index contributed by atoms with van der Waals surface area (Å²) in [5, 5.41) is 39.7. The Labute approximate surface area is 180 Å². The third-order valence-electron chi connectivity index (χ3n) is 3.11. The number of nitrogens with one attached hydrogen (secondary N) is 2. The van der Waals surface area contributed by atoms with E-state index in [1.165, 1.54) is 13.8 Å². The zero-order chi connectivity index (χ0) is 24.2. The molecule has 10 heteroatoms. The summed E-state index contributed by atoms with van der Waals surface area (Å²) in [6.07, 6.45) is 3.09. The van der Waals surface area contributed by atoms with Gasteiger partial charge in [0.15, 0.2) is 0 Å². The average Bonchev–Trinajstić information content (AvgIpc) is 2.73. The van der Waals surface area contributed by atoms with E-state index in [0.29, 0.717) is 38.5 Å². The van der Waals surface area contributed by atoms with Crippen LogP contribution in [0.25, 0.3) is 0 Å². The molecule has 0 saturated carbocycles. The second-order valence-corrected chi connectivity index (χ2v) is 6.27. The Balaban J connectivity index is -0.000000152. The van der Waals surface area contributed by atoms with Crippen molar-refractivity contribution in [3.05, 3.63) is 0 Å². The lowest BCUT2D eigenvalue weighted by Gasteiger charge is -2.03. The molecule has 2 unspecified atom stereocenters. The van der Waals surface area contributed by atoms with Crippen molar-refractivity contribution in [2.24, 2.45) is 0 Å². The van der Waals surface area contributed by atoms with Crippen molar-refractivity contribution in [1.82, 2.24) is 10.6 Å². The van der Waals surface area contributed by atoms with Gasteiger partial charge >= 0.3 is 0 Å². The van der Waals surface area contributed by atoms with Crippen LogP contribution in [-0.4, -0.2) is 97.2 Å². The van der Waals surface area contributed by atoms with E-state index >= 15 is 0 Å². The van der Waals surface area contributed by atoms with Gasteiger partial charge in [-0.3, -0.25) is 0 Å². The fourth-order valence-electron chi connectivity index (χ4n) is 1.33. The topological polar surface area (TPSA) is 173 Å². The number of aldehydes is 2. The van der Waals surface area contributed by atoms with Crippen LogP contribution < -0.4 is 10.6 Å². The lowest BCUT2D eigenvalue weighted by atomic mass is 10.2. The Morgan fingerprint density at radius 3 is 1.47 bits per heavy atom. The first-order valence-electron chi connectivity index (χ1n) is 9.89. The number of hydrogen-bond acceptors (Lipinski definition) is 10. The van der Waals surface area contributed by atoms with Crippen LogP contribution in [0.2, 0.25) is 0 Å². The summed E-state index contributed by atoms with van der Waals surface area (Å²) in [6, 6.07) is 0. The van der Waals surface area contributed by atoms with Crippen LogP contribution in [0.3, 0.4) is 0 Å². The van der Waals surface area contributed by atoms with Crippen LogP contribution in [0, 0.1) is 0 Å². The summed E-state index contributed by atoms with van der Waals surface area (Å²) in [6.45, 7) is 4.09. The molecule has 0 rings (SSSR count). The van der Waals surface area contributed by atoms with Crippen LogP contribution >= 0.6 is 0 Å². The minimum Gasteiger partial charge on any atom is -0.394 e. The summed E-state index contributed by atoms with van der Waals surface area (Å²) in [5.74, 6) is 0.120. The van der Waals surface area contributed by atoms with E-state index in [1.807, 2.05) is 14.1 Å². The molecule has 0 radical (unpaired) electrons. The minimum atomic E-state index is -0.728. The van der Waals surface area contributed by atoms with Gasteiger partial charge in [-0.15, -0.1) is 0 Å². The summed E-state index contributed by atoms with van der Waals surface area (Å²) in [4.78, 5) is 39.4. The maximum absolute atomic E-state index is 10.3. The maximum Gasteiger partial charge on any atom is 0.130 e. The Hall–Kier alpha value is -1.56. The number of aliphatic hydroxyl groups excluding tert-OH is 4. The molecule has 0 bridgehead atoms. The van der Waals surface area contributed by atoms with Crippen LogP contribution in [-0.2, 0) is 19.2 Å². The molecule has 0 spiro atoms. The monoisotopic (exact) mass is 438 g/mol. The van der Waals surface area contributed by atoms with E-state index < -0.39 is 12.2 Å². The molecule has 30 heavy (non-hydrogen) atoms. The quantitative estimate of drug-likeness (QED) is 0.146. The fraction of sp³-hybridized carbons (Fsp3) is 0.800. The molecule has 0 aromatic rings. The van der Waals surface area contributed by atoms with Crippen molar-refractivity contribution in [3.63, 3.8) is 0 Å². The molecular weight excluding hydrogens is 396 g/mol. The summed E-state index contributed by atoms with van der Waals surface area (Å²) < 4.78 is 0. The normalized spacial score (nSPS) is 11.2. The Bertz CT molecular complexity index is 395. The predicted octanol–water partition coefficient (Wildman–Crippen LogP) is -0.993. The van der Waals surface area contributed by atoms with Gasteiger partial charge < -0.3 is 50.2 Å². The van der Waals surface area contributed by atoms with Crippen LogP contribution in [0.5, 0.6) is 0 Å². The molecule has 0 aliphatic carbocycles. The number of hydrogen-bond donors (Lipinski definition) is 6. The second kappa shape index (κ2) is 32.1. The zero-order valence-corrected chi connectivity index (χ0v) is 18.8. The van der Waals surface area contributed by atoms with E-state index in [1.54, 1.807) is 0 Å². The third kappa shape index (κ3) is 50.3. The molecule has 10 nitrogen and oxygen atoms in total. The largest absolute Gasteiger partial charge is 0.394 e. The molecule has 0 fully saturated rings. The highest BCUT2D eigenvalue weighted by Crippen LogP contribution is 1.95. The molecule has 6 N–H and O–H groups in total. The van der Waals surface area contributed by atoms with Gasteiger partial charge in [0.2, 0.25) is 0 Å². The summed E-state index contributed by atoms with van der Waals surface area (Å²) in [5.41, 5.74) is 0. The number of carbonyl (C=O) groups excluding carboxylic acids is 4. The third-order valence-corrected chi connectivity index (χ3v) is 3.11. The van der Waals surface area contributed by atoms with Gasteiger partial charge in [0.1, 0.15) is 24.1 Å². The molecule has 180 valence electrons. The van der Waals surface area contributed by atoms with Crippen LogP contribution in [0.4, 0.5) is 0 Å². The van der Waals surface area contributed by atoms with E-state index in [4.69, 9.17) is 20.4 Å². The molecule has 0 aliphatic heterocycles. The van der Waals surface area contributed by atoms with Crippen molar-refractivity contribution in [3.8, 4) is 0 Å². The molecule has 0 aromatic carbocycles. The standard InChI is InChI=1S/C6H12O3.C5H13NO2.C5H8O2.C4H9NO/c1-5(8)2-3-6(9)4-7;1-6-3-2-5(8)4-7;1-5(7)3-2-4-6;1-5-3-2-4-6/h6-7,9H,2-4H2,1H3;5-8H,2-4H2,1H3;4H,2-3H2,1H3;4-5H,2-3H2,1H3. The molecular formula is C20H42N2O8. The Morgan fingerprint density at radius 2 is 1.20 bits per heavy atom. The highest BCUT2D eigenvalue weighted by molar-refractivity contribution is 5.77. The van der Waals surface area contributed by atoms with E-state index in [9.17, 15) is 19.2 Å². The lowest BCUT2D eigenvalue weighted by molar-refractivity contribution is -0.119. The smallest absolute Gasteiger partial charge is 0.130 e. The highest BCUT2D eigenvalue weighted by Gasteiger charge is 2.02. The summed E-state index contributed by atoms with van der Waals surface area (Å²) in [7, 11) is 3.63. The van der Waals surface area contributed by atoms with Gasteiger partial charge in [0, 0.05) is 32.2 Å². The minimum absolute atomic E-state index is 0.0440. The van der Waals surface area contributed by atoms with E-state index in [2.05, 4.69) is 10.6 Å². The van der Waals surface area contributed by atoms with Gasteiger partial charge in [0.25, 0.3) is 0 Å². The number of rotatable bonds is 14. The van der Waals surface area contributed by atoms with Crippen molar-refractivity contribution >= 4 is 24.1 Å². The van der Waals surface area contributed by atoms with Gasteiger partial charge in [-0.1, -0.05) is 0 Å². The fourth-order valence-corrected chi connectivity index (χ4v) is 1.33. The Morgan fingerprint density at radius 1 is 0.767 bits per heavy atom. The number of carbonyl (C=O) groups is 4. The lowest BCUT2D eigenvalue weighted by Crippen LogP contribution is -2.19. The van der Waals surface area contributed by atoms with Crippen LogP contribution in [0.15, 0.2) is 0 Å². The first-order valence-corrected chi connectivity index (χ1v) is 9.89. The summed E-state index contributed by atoms with van der Waals surface area (Å²) >= 11 is 0. The highest BCUT2D eigenvalue weighted by atomic mass is 16.3. The molecule has 0 aliphatic rings. The van der Waals surface area contributed by atoms with Crippen molar-refractivity contribution in [2.45, 2.75) is 64.6 Å². The molecule has 2 atom stereocenters. The van der Waals surface area contributed by atoms with Gasteiger partial charge in [0.05, 0.1) is 25.4 Å². The van der Waals surface area contributed by atoms with Crippen LogP contribution in [0.1, 0.15) is 52.4 Å². The van der Waals surface area contributed by atoms with E-state index in [-0.39, 0.29) is 24.8 Å². The first-order chi connectivity index (χ1) is 14.2. The second-order valence-electron chi connectivity index (χ2n) is 6.27. The molecule has 0 amide bonds. The van der Waals surface area contributed by atoms with Crippen molar-refractivity contribution in [1.29, 1.82) is 0 Å². The van der Waals surface area contributed by atoms with Gasteiger partial charge in [-0.2, -0.15) is 0 Å². The van der Waals surface area contributed by atoms with Crippen molar-refractivity contribution in [2.75, 3.05) is 40.4 Å². The number of aliphatic hydroxyl groups is 4. The van der Waals surface area contributed by atoms with Crippen molar-refractivity contribution < 1.29 is 39.6 Å². The molecule has 0 aromatic heterocycles. The SMILES string of the molecule is CC(=O)CCC(O)CO.CC(=O)CCC=O.CNCCC(O)CO.CNCCC=O. The van der Waals surface area contributed by atoms with Gasteiger partial charge in [-0.25, -0.2) is 0 Å². The Kier molecular flexibility index (Phi) is 38.4. The molecule has 0 heterocycles. The maximum atomic E-state index is 10.3. The van der Waals surface area contributed by atoms with E-state index in [0.717, 1.165) is 25.7 Å². The number of Topliss-reactive ketones (excluding diaryl/α,β-unsaturated/α-hetero) is 2. The first kappa shape index (κ1) is 35.9. The average molecular weight is 439 g/mol.